The zero-order valence-electron chi connectivity index (χ0n) is 43.2. The summed E-state index contributed by atoms with van der Waals surface area (Å²) in [4.78, 5) is 5.08. The molecule has 1 aromatic heterocycles. The number of furan rings is 1. The average molecular weight is 981 g/mol. The second-order valence-electron chi connectivity index (χ2n) is 22.1. The lowest BCUT2D eigenvalue weighted by atomic mass is 9.70. The molecule has 0 N–H and O–H groups in total. The first-order valence-corrected chi connectivity index (χ1v) is 27.1. The van der Waals surface area contributed by atoms with E-state index in [-0.39, 0.29) is 23.4 Å². The lowest BCUT2D eigenvalue weighted by Gasteiger charge is -2.37. The third-order valence-electron chi connectivity index (χ3n) is 17.0. The van der Waals surface area contributed by atoms with Gasteiger partial charge in [-0.05, 0) is 123 Å². The maximum absolute atomic E-state index is 7.14. The molecule has 11 aromatic carbocycles. The van der Waals surface area contributed by atoms with Crippen LogP contribution in [0.3, 0.4) is 0 Å². The highest BCUT2D eigenvalue weighted by atomic mass is 16.5. The minimum Gasteiger partial charge on any atom is -0.483 e. The van der Waals surface area contributed by atoms with Gasteiger partial charge >= 0.3 is 0 Å². The Morgan fingerprint density at radius 1 is 0.487 bits per heavy atom. The van der Waals surface area contributed by atoms with Gasteiger partial charge in [-0.2, -0.15) is 0 Å². The zero-order chi connectivity index (χ0) is 50.8. The largest absolute Gasteiger partial charge is 0.483 e. The minimum atomic E-state index is -0.104. The van der Waals surface area contributed by atoms with Crippen LogP contribution in [-0.2, 0) is 11.8 Å². The molecule has 2 unspecified atom stereocenters. The molecule has 366 valence electrons. The van der Waals surface area contributed by atoms with Crippen LogP contribution in [0.4, 0.5) is 34.1 Å². The van der Waals surface area contributed by atoms with Crippen LogP contribution in [0.25, 0.3) is 76.5 Å². The van der Waals surface area contributed by atoms with Gasteiger partial charge in [0.1, 0.15) is 17.4 Å². The summed E-state index contributed by atoms with van der Waals surface area (Å²) in [7, 11) is 0. The normalized spacial score (nSPS) is 16.3. The van der Waals surface area contributed by atoms with Crippen molar-refractivity contribution in [3.05, 3.63) is 247 Å². The maximum Gasteiger partial charge on any atom is 0.159 e. The van der Waals surface area contributed by atoms with Gasteiger partial charge in [0.05, 0.1) is 34.1 Å². The van der Waals surface area contributed by atoms with E-state index in [4.69, 9.17) is 9.15 Å². The van der Waals surface area contributed by atoms with Gasteiger partial charge in [0.15, 0.2) is 5.58 Å². The fourth-order valence-corrected chi connectivity index (χ4v) is 13.3. The number of ether oxygens (including phenoxy) is 1. The number of rotatable bonds is 9. The monoisotopic (exact) mass is 980 g/mol. The van der Waals surface area contributed by atoms with E-state index in [0.29, 0.717) is 0 Å². The van der Waals surface area contributed by atoms with E-state index in [0.717, 1.165) is 91.3 Å². The Morgan fingerprint density at radius 3 is 1.84 bits per heavy atom. The number of hydrogen-bond acceptors (Lipinski definition) is 4. The van der Waals surface area contributed by atoms with E-state index in [1.54, 1.807) is 0 Å². The van der Waals surface area contributed by atoms with Crippen LogP contribution in [-0.4, -0.2) is 6.10 Å². The van der Waals surface area contributed by atoms with E-state index < -0.39 is 0 Å². The van der Waals surface area contributed by atoms with Gasteiger partial charge in [0.2, 0.25) is 0 Å². The van der Waals surface area contributed by atoms with Crippen LogP contribution in [0.15, 0.2) is 229 Å². The zero-order valence-corrected chi connectivity index (χ0v) is 43.2. The van der Waals surface area contributed by atoms with Crippen LogP contribution in [0.5, 0.6) is 5.75 Å². The van der Waals surface area contributed by atoms with Crippen molar-refractivity contribution in [1.29, 1.82) is 0 Å². The van der Waals surface area contributed by atoms with E-state index >= 15 is 0 Å². The number of benzene rings is 11. The first kappa shape index (κ1) is 44.6. The summed E-state index contributed by atoms with van der Waals surface area (Å²) >= 11 is 0. The molecule has 1 aliphatic heterocycles. The molecule has 3 aliphatic rings. The van der Waals surface area contributed by atoms with E-state index in [1.165, 1.54) is 60.1 Å². The molecular formula is C72H56N2O2. The van der Waals surface area contributed by atoms with Gasteiger partial charge in [-0.1, -0.05) is 198 Å². The molecule has 0 radical (unpaired) electrons. The molecule has 0 saturated heterocycles. The molecule has 2 heterocycles. The highest BCUT2D eigenvalue weighted by Gasteiger charge is 2.38. The van der Waals surface area contributed by atoms with Crippen LogP contribution in [0.1, 0.15) is 68.2 Å². The number of para-hydroxylation sites is 5. The molecule has 0 amide bonds. The predicted octanol–water partition coefficient (Wildman–Crippen LogP) is 20.1. The highest BCUT2D eigenvalue weighted by molar-refractivity contribution is 6.31. The summed E-state index contributed by atoms with van der Waals surface area (Å²) in [5, 5.41) is 9.96. The van der Waals surface area contributed by atoms with E-state index in [9.17, 15) is 0 Å². The molecule has 15 rings (SSSR count). The second kappa shape index (κ2) is 17.1. The van der Waals surface area contributed by atoms with Crippen molar-refractivity contribution < 1.29 is 9.15 Å². The lowest BCUT2D eigenvalue weighted by Crippen LogP contribution is -2.24. The first-order chi connectivity index (χ1) is 37.3. The van der Waals surface area contributed by atoms with Gasteiger partial charge < -0.3 is 19.0 Å². The number of aryl methyl sites for hydroxylation is 1. The summed E-state index contributed by atoms with van der Waals surface area (Å²) in [6.45, 7) is 9.64. The van der Waals surface area contributed by atoms with Crippen LogP contribution >= 0.6 is 0 Å². The molecule has 12 aromatic rings. The van der Waals surface area contributed by atoms with Gasteiger partial charge in [0.25, 0.3) is 0 Å². The fourth-order valence-electron chi connectivity index (χ4n) is 13.3. The van der Waals surface area contributed by atoms with Gasteiger partial charge in [-0.25, -0.2) is 0 Å². The standard InChI is InChI=1S/C72H56N2O2/c1-44(2)56-43-64(74(60-32-16-12-26-49(60)46-23-9-6-10-24-46)62-34-20-30-54-51-28-14-18-36-66(51)76-71(54)62)57-42-58-67-47(39-40-72(58,3)4)41-63(55-38-37-52(56)68(57)69(55)67)73(59-31-15-11-25-48(59)45-21-7-5-8-22-45)61-33-19-29-53-50-27-13-17-35-65(50)75-70(53)61/h5-38,41-44,51,66H,39-40H2,1-4H3. The summed E-state index contributed by atoms with van der Waals surface area (Å²) in [5.41, 5.74) is 18.1. The van der Waals surface area contributed by atoms with Gasteiger partial charge in [0, 0.05) is 49.5 Å². The summed E-state index contributed by atoms with van der Waals surface area (Å²) in [5.74, 6) is 1.29. The predicted molar refractivity (Wildman–Crippen MR) is 319 cm³/mol. The van der Waals surface area contributed by atoms with Crippen molar-refractivity contribution in [3.8, 4) is 28.0 Å². The average Bonchev–Trinajstić information content (AvgIpc) is 4.19. The molecule has 0 fully saturated rings. The van der Waals surface area contributed by atoms with Crippen molar-refractivity contribution in [2.75, 3.05) is 9.80 Å². The van der Waals surface area contributed by atoms with Crippen LogP contribution in [0, 0.1) is 0 Å². The SMILES string of the molecule is CC(C)c1cc(N(c2ccccc2-c2ccccc2)c2cccc3c2OC2C=CC=CC32)c2cc3c4c(cc(N(c5ccccc5-c5ccccc5)c5cccc6c5oc5ccccc56)c5ccc1c2c54)CCC3(C)C. The van der Waals surface area contributed by atoms with Crippen molar-refractivity contribution in [1.82, 2.24) is 0 Å². The Bertz CT molecular complexity index is 4350. The van der Waals surface area contributed by atoms with Crippen molar-refractivity contribution >= 4 is 88.4 Å². The maximum atomic E-state index is 7.14. The minimum absolute atomic E-state index is 0.0672. The van der Waals surface area contributed by atoms with E-state index in [1.807, 2.05) is 0 Å². The molecule has 4 nitrogen and oxygen atoms in total. The van der Waals surface area contributed by atoms with Crippen molar-refractivity contribution in [2.24, 2.45) is 0 Å². The Balaban J connectivity index is 1.09. The molecule has 76 heavy (non-hydrogen) atoms. The number of hydrogen-bond donors (Lipinski definition) is 0. The molecule has 0 spiro atoms. The summed E-state index contributed by atoms with van der Waals surface area (Å²) in [6.07, 6.45) is 10.7. The number of nitrogens with zero attached hydrogens (tertiary/aromatic N) is 2. The number of allylic oxidation sites excluding steroid dienone is 2. The van der Waals surface area contributed by atoms with E-state index in [2.05, 4.69) is 262 Å². The third-order valence-corrected chi connectivity index (χ3v) is 17.0. The van der Waals surface area contributed by atoms with Gasteiger partial charge in [-0.3, -0.25) is 0 Å². The van der Waals surface area contributed by atoms with Crippen LogP contribution in [0.2, 0.25) is 0 Å². The Labute approximate surface area is 443 Å². The summed E-state index contributed by atoms with van der Waals surface area (Å²) < 4.78 is 14.1. The number of fused-ring (bicyclic) bond motifs is 6. The van der Waals surface area contributed by atoms with Crippen LogP contribution < -0.4 is 14.5 Å². The molecular weight excluding hydrogens is 925 g/mol. The number of anilines is 6. The lowest BCUT2D eigenvalue weighted by molar-refractivity contribution is 0.269. The molecule has 4 heteroatoms. The topological polar surface area (TPSA) is 28.9 Å². The fraction of sp³-hybridized carbons (Fsp3) is 0.139. The molecule has 2 atom stereocenters. The Hall–Kier alpha value is -8.86. The quantitative estimate of drug-likeness (QED) is 0.135. The first-order valence-electron chi connectivity index (χ1n) is 27.1. The molecule has 0 saturated carbocycles. The molecule has 0 bridgehead atoms. The highest BCUT2D eigenvalue weighted by Crippen LogP contribution is 2.58. The Kier molecular flexibility index (Phi) is 10.0. The second-order valence-corrected chi connectivity index (χ2v) is 22.1. The third kappa shape index (κ3) is 6.69. The van der Waals surface area contributed by atoms with Crippen molar-refractivity contribution in [3.63, 3.8) is 0 Å². The van der Waals surface area contributed by atoms with Gasteiger partial charge in [-0.15, -0.1) is 0 Å². The summed E-state index contributed by atoms with van der Waals surface area (Å²) in [6, 6.07) is 74.0. The smallest absolute Gasteiger partial charge is 0.159 e. The molecule has 2 aliphatic carbocycles. The Morgan fingerprint density at radius 2 is 1.09 bits per heavy atom. The van der Waals surface area contributed by atoms with Crippen molar-refractivity contribution in [2.45, 2.75) is 63.9 Å².